The molecule has 11 heteroatoms. The monoisotopic (exact) mass is 457 g/mol. The van der Waals surface area contributed by atoms with Crippen LogP contribution in [0.5, 0.6) is 0 Å². The highest BCUT2D eigenvalue weighted by Crippen LogP contribution is 2.29. The van der Waals surface area contributed by atoms with Crippen LogP contribution >= 0.6 is 11.8 Å². The lowest BCUT2D eigenvalue weighted by molar-refractivity contribution is -0.137. The largest absolute Gasteiger partial charge is 0.344 e. The molecule has 10 nitrogen and oxygen atoms in total. The average molecular weight is 458 g/mol. The van der Waals surface area contributed by atoms with Gasteiger partial charge in [-0.1, -0.05) is 36.4 Å². The van der Waals surface area contributed by atoms with Gasteiger partial charge in [-0.2, -0.15) is 5.01 Å². The number of imide groups is 1. The zero-order valence-electron chi connectivity index (χ0n) is 18.4. The van der Waals surface area contributed by atoms with E-state index in [4.69, 9.17) is 0 Å². The van der Waals surface area contributed by atoms with Gasteiger partial charge in [0.25, 0.3) is 5.91 Å². The summed E-state index contributed by atoms with van der Waals surface area (Å²) in [5.74, 6) is -0.214. The maximum absolute atomic E-state index is 12.5. The van der Waals surface area contributed by atoms with Gasteiger partial charge in [0.05, 0.1) is 11.4 Å². The fourth-order valence-electron chi connectivity index (χ4n) is 3.71. The van der Waals surface area contributed by atoms with E-state index in [1.165, 1.54) is 11.8 Å². The topological polar surface area (TPSA) is 112 Å². The molecule has 0 radical (unpaired) electrons. The average Bonchev–Trinajstić information content (AvgIpc) is 3.49. The van der Waals surface area contributed by atoms with E-state index in [1.807, 2.05) is 35.8 Å². The van der Waals surface area contributed by atoms with Crippen LogP contribution < -0.4 is 15.6 Å². The summed E-state index contributed by atoms with van der Waals surface area (Å²) in [6, 6.07) is 7.42. The van der Waals surface area contributed by atoms with Crippen LogP contribution in [0.2, 0.25) is 0 Å². The number of anilines is 1. The van der Waals surface area contributed by atoms with Gasteiger partial charge in [0.15, 0.2) is 5.16 Å². The highest BCUT2D eigenvalue weighted by Gasteiger charge is 2.47. The first kappa shape index (κ1) is 22.1. The minimum atomic E-state index is -1.01. The number of thioether (sulfide) groups is 1. The van der Waals surface area contributed by atoms with Crippen molar-refractivity contribution in [1.82, 2.24) is 30.5 Å². The molecule has 2 fully saturated rings. The Morgan fingerprint density at radius 3 is 2.50 bits per heavy atom. The first-order valence-corrected chi connectivity index (χ1v) is 11.7. The Kier molecular flexibility index (Phi) is 6.09. The van der Waals surface area contributed by atoms with Crippen molar-refractivity contribution in [2.75, 3.05) is 23.7 Å². The van der Waals surface area contributed by atoms with Gasteiger partial charge in [-0.3, -0.25) is 19.6 Å². The number of hydrogen-bond donors (Lipinski definition) is 2. The predicted octanol–water partition coefficient (Wildman–Crippen LogP) is 2.02. The normalized spacial score (nSPS) is 20.7. The molecule has 0 aliphatic carbocycles. The van der Waals surface area contributed by atoms with Crippen LogP contribution in [0.1, 0.15) is 38.7 Å². The number of carbonyl (C=O) groups excluding carboxylic acids is 3. The molecule has 0 spiro atoms. The Balaban J connectivity index is 1.49. The van der Waals surface area contributed by atoms with E-state index in [2.05, 4.69) is 25.8 Å². The zero-order valence-corrected chi connectivity index (χ0v) is 19.2. The van der Waals surface area contributed by atoms with Gasteiger partial charge in [0.2, 0.25) is 11.9 Å². The number of aromatic nitrogens is 3. The standard InChI is InChI=1S/C21H27N7O3S/c1-4-21(3)17(30)28(19(31)22-21)25-16(29)13-32-20-24-23-18(26-11-5-6-12-26)27(20)15-9-7-14(2)8-10-15/h7-10H,4-6,11-13H2,1-3H3,(H,22,31)(H,25,29). The minimum absolute atomic E-state index is 0.0239. The molecule has 2 saturated heterocycles. The molecule has 1 unspecified atom stereocenters. The van der Waals surface area contributed by atoms with Crippen LogP contribution in [0, 0.1) is 6.92 Å². The van der Waals surface area contributed by atoms with E-state index in [0.717, 1.165) is 48.1 Å². The Labute approximate surface area is 190 Å². The van der Waals surface area contributed by atoms with Gasteiger partial charge in [-0.25, -0.2) is 4.79 Å². The molecule has 2 aliphatic heterocycles. The predicted molar refractivity (Wildman–Crippen MR) is 120 cm³/mol. The lowest BCUT2D eigenvalue weighted by atomic mass is 10.00. The second-order valence-corrected chi connectivity index (χ2v) is 9.17. The van der Waals surface area contributed by atoms with Crippen LogP contribution in [0.4, 0.5) is 10.7 Å². The second kappa shape index (κ2) is 8.81. The summed E-state index contributed by atoms with van der Waals surface area (Å²) in [5.41, 5.74) is 3.46. The minimum Gasteiger partial charge on any atom is -0.341 e. The molecule has 3 heterocycles. The smallest absolute Gasteiger partial charge is 0.341 e. The number of hydrazine groups is 1. The number of nitrogens with zero attached hydrogens (tertiary/aromatic N) is 5. The van der Waals surface area contributed by atoms with Crippen molar-refractivity contribution in [3.8, 4) is 5.69 Å². The van der Waals surface area contributed by atoms with E-state index in [-0.39, 0.29) is 5.75 Å². The van der Waals surface area contributed by atoms with Crippen molar-refractivity contribution in [2.45, 2.75) is 50.7 Å². The van der Waals surface area contributed by atoms with Crippen molar-refractivity contribution in [3.63, 3.8) is 0 Å². The summed E-state index contributed by atoms with van der Waals surface area (Å²) in [7, 11) is 0. The van der Waals surface area contributed by atoms with Gasteiger partial charge in [0.1, 0.15) is 5.54 Å². The van der Waals surface area contributed by atoms with Gasteiger partial charge in [-0.15, -0.1) is 10.2 Å². The molecule has 170 valence electrons. The molecule has 4 rings (SSSR count). The molecular weight excluding hydrogens is 430 g/mol. The highest BCUT2D eigenvalue weighted by molar-refractivity contribution is 7.99. The van der Waals surface area contributed by atoms with Crippen molar-refractivity contribution in [1.29, 1.82) is 0 Å². The fourth-order valence-corrected chi connectivity index (χ4v) is 4.45. The first-order chi connectivity index (χ1) is 15.3. The van der Waals surface area contributed by atoms with Crippen molar-refractivity contribution >= 4 is 35.6 Å². The third kappa shape index (κ3) is 4.16. The van der Waals surface area contributed by atoms with Gasteiger partial charge < -0.3 is 10.2 Å². The third-order valence-corrected chi connectivity index (χ3v) is 6.76. The van der Waals surface area contributed by atoms with Crippen LogP contribution in [-0.2, 0) is 9.59 Å². The highest BCUT2D eigenvalue weighted by atomic mass is 32.2. The first-order valence-electron chi connectivity index (χ1n) is 10.7. The van der Waals surface area contributed by atoms with E-state index in [9.17, 15) is 14.4 Å². The SMILES string of the molecule is CCC1(C)NC(=O)N(NC(=O)CSc2nnc(N3CCCC3)n2-c2ccc(C)cc2)C1=O. The Morgan fingerprint density at radius 2 is 1.88 bits per heavy atom. The van der Waals surface area contributed by atoms with Crippen LogP contribution in [0.3, 0.4) is 0 Å². The number of benzene rings is 1. The summed E-state index contributed by atoms with van der Waals surface area (Å²) in [6.45, 7) is 7.29. The third-order valence-electron chi connectivity index (χ3n) is 5.83. The van der Waals surface area contributed by atoms with Gasteiger partial charge in [-0.05, 0) is 45.2 Å². The van der Waals surface area contributed by atoms with Crippen LogP contribution in [0.15, 0.2) is 29.4 Å². The zero-order chi connectivity index (χ0) is 22.9. The Bertz CT molecular complexity index is 1030. The van der Waals surface area contributed by atoms with E-state index >= 15 is 0 Å². The number of carbonyl (C=O) groups is 3. The number of rotatable bonds is 7. The van der Waals surface area contributed by atoms with Gasteiger partial charge >= 0.3 is 6.03 Å². The molecular formula is C21H27N7O3S. The Hall–Kier alpha value is -3.08. The van der Waals surface area contributed by atoms with Crippen molar-refractivity contribution < 1.29 is 14.4 Å². The van der Waals surface area contributed by atoms with Crippen molar-refractivity contribution in [2.24, 2.45) is 0 Å². The van der Waals surface area contributed by atoms with E-state index < -0.39 is 23.4 Å². The number of aryl methyl sites for hydroxylation is 1. The summed E-state index contributed by atoms with van der Waals surface area (Å²) in [6.07, 6.45) is 2.64. The fraction of sp³-hybridized carbons (Fsp3) is 0.476. The van der Waals surface area contributed by atoms with E-state index in [0.29, 0.717) is 11.6 Å². The lowest BCUT2D eigenvalue weighted by Crippen LogP contribution is -2.49. The molecule has 1 atom stereocenters. The Morgan fingerprint density at radius 1 is 1.19 bits per heavy atom. The summed E-state index contributed by atoms with van der Waals surface area (Å²) < 4.78 is 1.95. The maximum atomic E-state index is 12.5. The molecule has 2 aromatic rings. The van der Waals surface area contributed by atoms with Crippen molar-refractivity contribution in [3.05, 3.63) is 29.8 Å². The molecule has 0 bridgehead atoms. The van der Waals surface area contributed by atoms with E-state index in [1.54, 1.807) is 13.8 Å². The van der Waals surface area contributed by atoms with Crippen LogP contribution in [0.25, 0.3) is 5.69 Å². The summed E-state index contributed by atoms with van der Waals surface area (Å²) in [4.78, 5) is 39.3. The summed E-state index contributed by atoms with van der Waals surface area (Å²) >= 11 is 1.21. The molecule has 2 N–H and O–H groups in total. The quantitative estimate of drug-likeness (QED) is 0.483. The molecule has 32 heavy (non-hydrogen) atoms. The molecule has 1 aromatic heterocycles. The molecule has 1 aromatic carbocycles. The molecule has 2 aliphatic rings. The second-order valence-electron chi connectivity index (χ2n) is 8.23. The lowest BCUT2D eigenvalue weighted by Gasteiger charge is -2.19. The molecule has 4 amide bonds. The van der Waals surface area contributed by atoms with Crippen LogP contribution in [-0.4, -0.2) is 62.0 Å². The number of hydrogen-bond acceptors (Lipinski definition) is 7. The number of nitrogens with one attached hydrogen (secondary N) is 2. The number of amides is 4. The maximum Gasteiger partial charge on any atom is 0.344 e. The summed E-state index contributed by atoms with van der Waals surface area (Å²) in [5, 5.41) is 12.7. The number of urea groups is 1. The van der Waals surface area contributed by atoms with Gasteiger partial charge in [0, 0.05) is 13.1 Å². The molecule has 0 saturated carbocycles.